The molecule has 3 nitrogen and oxygen atoms in total. The highest BCUT2D eigenvalue weighted by Crippen LogP contribution is 2.42. The maximum atomic E-state index is 12.2. The van der Waals surface area contributed by atoms with E-state index in [4.69, 9.17) is 4.74 Å². The second-order valence-electron chi connectivity index (χ2n) is 5.93. The van der Waals surface area contributed by atoms with Gasteiger partial charge < -0.3 is 4.74 Å². The van der Waals surface area contributed by atoms with E-state index in [1.165, 1.54) is 24.8 Å². The molecule has 114 valence electrons. The monoisotopic (exact) mass is 369 g/mol. The first-order chi connectivity index (χ1) is 10.1. The fraction of sp³-hybridized carbons (Fsp3) is 0.562. The fourth-order valence-corrected chi connectivity index (χ4v) is 4.91. The molecule has 0 aromatic heterocycles. The van der Waals surface area contributed by atoms with Gasteiger partial charge in [-0.15, -0.1) is 11.8 Å². The van der Waals surface area contributed by atoms with Crippen molar-refractivity contribution in [3.63, 3.8) is 0 Å². The molecule has 1 N–H and O–H groups in total. The minimum Gasteiger partial charge on any atom is -0.468 e. The lowest BCUT2D eigenvalue weighted by molar-refractivity contribution is -0.148. The Kier molecular flexibility index (Phi) is 4.62. The van der Waals surface area contributed by atoms with Crippen molar-refractivity contribution in [3.8, 4) is 0 Å². The smallest absolute Gasteiger partial charge is 0.326 e. The summed E-state index contributed by atoms with van der Waals surface area (Å²) in [7, 11) is 1.49. The normalized spacial score (nSPS) is 28.6. The number of rotatable bonds is 5. The van der Waals surface area contributed by atoms with Gasteiger partial charge in [0.15, 0.2) is 0 Å². The van der Waals surface area contributed by atoms with Gasteiger partial charge in [0, 0.05) is 20.7 Å². The van der Waals surface area contributed by atoms with E-state index in [0.29, 0.717) is 11.3 Å². The number of thioether (sulfide) groups is 1. The second kappa shape index (κ2) is 6.31. The van der Waals surface area contributed by atoms with Gasteiger partial charge >= 0.3 is 5.97 Å². The van der Waals surface area contributed by atoms with E-state index in [2.05, 4.69) is 39.4 Å². The van der Waals surface area contributed by atoms with Crippen LogP contribution in [0.1, 0.15) is 32.1 Å². The van der Waals surface area contributed by atoms with Crippen molar-refractivity contribution in [3.05, 3.63) is 28.7 Å². The molecular weight excluding hydrogens is 350 g/mol. The summed E-state index contributed by atoms with van der Waals surface area (Å²) in [5.74, 6) is -0.0910. The van der Waals surface area contributed by atoms with E-state index < -0.39 is 5.54 Å². The third-order valence-electron chi connectivity index (χ3n) is 4.20. The largest absolute Gasteiger partial charge is 0.468 e. The maximum Gasteiger partial charge on any atom is 0.326 e. The Balaban J connectivity index is 1.68. The zero-order chi connectivity index (χ0) is 14.9. The molecule has 2 saturated carbocycles. The molecule has 1 aromatic carbocycles. The Morgan fingerprint density at radius 2 is 2.24 bits per heavy atom. The summed E-state index contributed by atoms with van der Waals surface area (Å²) in [6.07, 6.45) is 5.14. The van der Waals surface area contributed by atoms with Crippen LogP contribution in [0.4, 0.5) is 0 Å². The number of ether oxygens (including phenoxy) is 1. The lowest BCUT2D eigenvalue weighted by Gasteiger charge is -2.27. The predicted octanol–water partition coefficient (Wildman–Crippen LogP) is 3.76. The summed E-state index contributed by atoms with van der Waals surface area (Å²) >= 11 is 5.37. The average Bonchev–Trinajstić information content (AvgIpc) is 3.18. The lowest BCUT2D eigenvalue weighted by atomic mass is 9.97. The zero-order valence-corrected chi connectivity index (χ0v) is 14.5. The van der Waals surface area contributed by atoms with Gasteiger partial charge in [0.25, 0.3) is 0 Å². The van der Waals surface area contributed by atoms with Gasteiger partial charge in [-0.1, -0.05) is 22.0 Å². The molecule has 0 radical (unpaired) electrons. The Morgan fingerprint density at radius 3 is 2.90 bits per heavy atom. The van der Waals surface area contributed by atoms with Gasteiger partial charge in [-0.05, 0) is 50.3 Å². The minimum atomic E-state index is -0.459. The third-order valence-corrected chi connectivity index (χ3v) is 5.96. The number of hydrogen-bond acceptors (Lipinski definition) is 4. The highest BCUT2D eigenvalue weighted by molar-refractivity contribution is 9.10. The number of hydrogen-bond donors (Lipinski definition) is 1. The first-order valence-corrected chi connectivity index (χ1v) is 9.07. The predicted molar refractivity (Wildman–Crippen MR) is 88.5 cm³/mol. The van der Waals surface area contributed by atoms with Gasteiger partial charge in [0.2, 0.25) is 0 Å². The van der Waals surface area contributed by atoms with Crippen LogP contribution < -0.4 is 5.32 Å². The average molecular weight is 370 g/mol. The molecule has 2 unspecified atom stereocenters. The van der Waals surface area contributed by atoms with E-state index in [0.717, 1.165) is 23.7 Å². The van der Waals surface area contributed by atoms with Crippen LogP contribution in [0.2, 0.25) is 0 Å². The molecule has 0 bridgehead atoms. The summed E-state index contributed by atoms with van der Waals surface area (Å²) in [6, 6.07) is 8.86. The molecule has 2 fully saturated rings. The molecule has 0 aliphatic heterocycles. The molecule has 5 heteroatoms. The SMILES string of the molecule is COC(=O)C1(NC2CC2)CCC(Sc2cccc(Br)c2)C1. The molecule has 21 heavy (non-hydrogen) atoms. The van der Waals surface area contributed by atoms with Crippen LogP contribution in [0.15, 0.2) is 33.6 Å². The molecule has 2 atom stereocenters. The molecule has 0 spiro atoms. The van der Waals surface area contributed by atoms with Crippen LogP contribution in [0, 0.1) is 0 Å². The Morgan fingerprint density at radius 1 is 1.43 bits per heavy atom. The van der Waals surface area contributed by atoms with E-state index in [9.17, 15) is 4.79 Å². The number of carbonyl (C=O) groups is 1. The van der Waals surface area contributed by atoms with Crippen molar-refractivity contribution >= 4 is 33.7 Å². The summed E-state index contributed by atoms with van der Waals surface area (Å²) in [6.45, 7) is 0. The maximum absolute atomic E-state index is 12.2. The van der Waals surface area contributed by atoms with E-state index >= 15 is 0 Å². The first-order valence-electron chi connectivity index (χ1n) is 7.40. The summed E-state index contributed by atoms with van der Waals surface area (Å²) in [5, 5.41) is 4.01. The Bertz CT molecular complexity index is 535. The standard InChI is InChI=1S/C16H20BrNO2S/c1-20-15(19)16(18-12-5-6-12)8-7-14(10-16)21-13-4-2-3-11(17)9-13/h2-4,9,12,14,18H,5-8,10H2,1H3. The zero-order valence-electron chi connectivity index (χ0n) is 12.1. The molecule has 2 aliphatic carbocycles. The number of halogens is 1. The molecule has 0 saturated heterocycles. The van der Waals surface area contributed by atoms with Gasteiger partial charge in [-0.25, -0.2) is 0 Å². The number of methoxy groups -OCH3 is 1. The van der Waals surface area contributed by atoms with Crippen LogP contribution >= 0.6 is 27.7 Å². The van der Waals surface area contributed by atoms with E-state index in [-0.39, 0.29) is 5.97 Å². The Hall–Kier alpha value is -0.520. The van der Waals surface area contributed by atoms with Gasteiger partial charge in [0.05, 0.1) is 7.11 Å². The van der Waals surface area contributed by atoms with Crippen molar-refractivity contribution in [1.82, 2.24) is 5.32 Å². The van der Waals surface area contributed by atoms with Gasteiger partial charge in [-0.3, -0.25) is 10.1 Å². The molecule has 1 aromatic rings. The topological polar surface area (TPSA) is 38.3 Å². The van der Waals surface area contributed by atoms with Crippen LogP contribution in [0.3, 0.4) is 0 Å². The first kappa shape index (κ1) is 15.4. The van der Waals surface area contributed by atoms with Crippen LogP contribution in [0.5, 0.6) is 0 Å². The van der Waals surface area contributed by atoms with Crippen LogP contribution in [0.25, 0.3) is 0 Å². The number of carbonyl (C=O) groups excluding carboxylic acids is 1. The van der Waals surface area contributed by atoms with Gasteiger partial charge in [0.1, 0.15) is 5.54 Å². The quantitative estimate of drug-likeness (QED) is 0.801. The Labute approximate surface area is 138 Å². The van der Waals surface area contributed by atoms with Crippen molar-refractivity contribution in [2.45, 2.75) is 53.8 Å². The van der Waals surface area contributed by atoms with Crippen molar-refractivity contribution in [2.75, 3.05) is 7.11 Å². The van der Waals surface area contributed by atoms with Crippen molar-refractivity contribution in [2.24, 2.45) is 0 Å². The fourth-order valence-electron chi connectivity index (χ4n) is 3.02. The summed E-state index contributed by atoms with van der Waals surface area (Å²) in [5.41, 5.74) is -0.459. The van der Waals surface area contributed by atoms with Crippen LogP contribution in [-0.4, -0.2) is 29.9 Å². The summed E-state index contributed by atoms with van der Waals surface area (Å²) < 4.78 is 6.16. The number of benzene rings is 1. The summed E-state index contributed by atoms with van der Waals surface area (Å²) in [4.78, 5) is 13.5. The molecule has 3 rings (SSSR count). The lowest BCUT2D eigenvalue weighted by Crippen LogP contribution is -2.52. The highest BCUT2D eigenvalue weighted by atomic mass is 79.9. The minimum absolute atomic E-state index is 0.0910. The number of esters is 1. The third kappa shape index (κ3) is 3.63. The second-order valence-corrected chi connectivity index (χ2v) is 8.22. The highest BCUT2D eigenvalue weighted by Gasteiger charge is 2.48. The number of nitrogens with one attached hydrogen (secondary N) is 1. The van der Waals surface area contributed by atoms with Gasteiger partial charge in [-0.2, -0.15) is 0 Å². The van der Waals surface area contributed by atoms with Crippen molar-refractivity contribution < 1.29 is 9.53 Å². The van der Waals surface area contributed by atoms with Crippen LogP contribution in [-0.2, 0) is 9.53 Å². The van der Waals surface area contributed by atoms with Crippen molar-refractivity contribution in [1.29, 1.82) is 0 Å². The molecule has 2 aliphatic rings. The molecule has 0 amide bonds. The van der Waals surface area contributed by atoms with E-state index in [1.54, 1.807) is 0 Å². The van der Waals surface area contributed by atoms with E-state index in [1.807, 2.05) is 17.8 Å². The molecule has 0 heterocycles. The molecular formula is C16H20BrNO2S.